The van der Waals surface area contributed by atoms with Crippen LogP contribution in [0.1, 0.15) is 57.3 Å². The van der Waals surface area contributed by atoms with Gasteiger partial charge in [-0.1, -0.05) is 52.0 Å². The van der Waals surface area contributed by atoms with Crippen LogP contribution in [0.5, 0.6) is 0 Å². The summed E-state index contributed by atoms with van der Waals surface area (Å²) in [5, 5.41) is 9.07. The van der Waals surface area contributed by atoms with E-state index in [-0.39, 0.29) is 16.9 Å². The molecule has 3 aliphatic carbocycles. The Kier molecular flexibility index (Phi) is 4.94. The Morgan fingerprint density at radius 1 is 1.10 bits per heavy atom. The SMILES string of the molecule is CC1(C)C=C2C=C3C=CCC(NNc4ccc(C(=O)O)cc4)C3C(C)(C)C2CC1. The van der Waals surface area contributed by atoms with Crippen molar-refractivity contribution in [2.45, 2.75) is 53.0 Å². The van der Waals surface area contributed by atoms with E-state index in [1.165, 1.54) is 24.0 Å². The van der Waals surface area contributed by atoms with E-state index in [4.69, 9.17) is 5.11 Å². The van der Waals surface area contributed by atoms with Gasteiger partial charge in [0.15, 0.2) is 0 Å². The number of aromatic carboxylic acids is 1. The molecule has 0 bridgehead atoms. The molecule has 29 heavy (non-hydrogen) atoms. The van der Waals surface area contributed by atoms with E-state index in [0.29, 0.717) is 17.4 Å². The highest BCUT2D eigenvalue weighted by atomic mass is 16.4. The second-order valence-corrected chi connectivity index (χ2v) is 10.1. The fourth-order valence-corrected chi connectivity index (χ4v) is 5.58. The van der Waals surface area contributed by atoms with Gasteiger partial charge in [-0.25, -0.2) is 10.2 Å². The van der Waals surface area contributed by atoms with Crippen LogP contribution < -0.4 is 10.9 Å². The number of rotatable bonds is 4. The van der Waals surface area contributed by atoms with Crippen LogP contribution in [0.25, 0.3) is 0 Å². The van der Waals surface area contributed by atoms with E-state index >= 15 is 0 Å². The lowest BCUT2D eigenvalue weighted by Crippen LogP contribution is -2.52. The van der Waals surface area contributed by atoms with Crippen molar-refractivity contribution in [3.05, 3.63) is 65.3 Å². The second kappa shape index (κ2) is 7.17. The van der Waals surface area contributed by atoms with Crippen LogP contribution in [-0.4, -0.2) is 17.1 Å². The molecule has 0 aliphatic heterocycles. The summed E-state index contributed by atoms with van der Waals surface area (Å²) in [6, 6.07) is 7.16. The molecule has 0 saturated heterocycles. The molecule has 4 rings (SSSR count). The Balaban J connectivity index is 1.56. The molecule has 1 aromatic carbocycles. The van der Waals surface area contributed by atoms with Gasteiger partial charge in [0.2, 0.25) is 0 Å². The molecule has 3 unspecified atom stereocenters. The van der Waals surface area contributed by atoms with Crippen molar-refractivity contribution in [3.63, 3.8) is 0 Å². The van der Waals surface area contributed by atoms with Crippen LogP contribution in [0.3, 0.4) is 0 Å². The van der Waals surface area contributed by atoms with E-state index in [1.807, 2.05) is 12.1 Å². The van der Waals surface area contributed by atoms with Crippen LogP contribution >= 0.6 is 0 Å². The van der Waals surface area contributed by atoms with Gasteiger partial charge in [0.05, 0.1) is 5.56 Å². The first kappa shape index (κ1) is 20.0. The zero-order valence-corrected chi connectivity index (χ0v) is 17.8. The molecule has 1 aromatic rings. The average Bonchev–Trinajstić information content (AvgIpc) is 2.65. The third-order valence-corrected chi connectivity index (χ3v) is 7.07. The number of hydrazine groups is 1. The fraction of sp³-hybridized carbons (Fsp3) is 0.480. The maximum Gasteiger partial charge on any atom is 0.335 e. The monoisotopic (exact) mass is 392 g/mol. The normalized spacial score (nSPS) is 29.2. The lowest BCUT2D eigenvalue weighted by molar-refractivity contribution is 0.0697. The number of carbonyl (C=O) groups is 1. The minimum absolute atomic E-state index is 0.170. The first-order chi connectivity index (χ1) is 13.7. The van der Waals surface area contributed by atoms with Gasteiger partial charge in [-0.05, 0) is 71.4 Å². The predicted molar refractivity (Wildman–Crippen MR) is 118 cm³/mol. The Morgan fingerprint density at radius 3 is 2.52 bits per heavy atom. The fourth-order valence-electron chi connectivity index (χ4n) is 5.58. The number of carboxylic acids is 1. The molecule has 3 N–H and O–H groups in total. The lowest BCUT2D eigenvalue weighted by Gasteiger charge is -2.52. The second-order valence-electron chi connectivity index (χ2n) is 10.1. The van der Waals surface area contributed by atoms with E-state index in [1.54, 1.807) is 12.1 Å². The molecule has 3 atom stereocenters. The summed E-state index contributed by atoms with van der Waals surface area (Å²) in [6.45, 7) is 9.54. The largest absolute Gasteiger partial charge is 0.478 e. The van der Waals surface area contributed by atoms with Gasteiger partial charge in [0.25, 0.3) is 0 Å². The molecule has 154 valence electrons. The van der Waals surface area contributed by atoms with Crippen LogP contribution in [0.15, 0.2) is 59.7 Å². The molecule has 4 nitrogen and oxygen atoms in total. The summed E-state index contributed by atoms with van der Waals surface area (Å²) in [4.78, 5) is 11.0. The molecule has 3 aliphatic rings. The number of nitrogens with one attached hydrogen (secondary N) is 2. The van der Waals surface area contributed by atoms with Gasteiger partial charge < -0.3 is 10.5 Å². The number of carboxylic acid groups (broad SMARTS) is 1. The summed E-state index contributed by atoms with van der Waals surface area (Å²) >= 11 is 0. The molecule has 0 radical (unpaired) electrons. The molecule has 0 saturated carbocycles. The number of fused-ring (bicyclic) bond motifs is 2. The average molecular weight is 393 g/mol. The molecular formula is C25H32N2O2. The standard InChI is InChI=1S/C25H32N2O2/c1-24(2)13-12-20-18(15-24)14-17-6-5-7-21(22(17)25(20,3)4)27-26-19-10-8-16(9-11-19)23(28)29/h5-6,8-11,14-15,20-22,26-27H,7,12-13H2,1-4H3,(H,28,29). The zero-order valence-electron chi connectivity index (χ0n) is 17.8. The Labute approximate surface area is 173 Å². The summed E-state index contributed by atoms with van der Waals surface area (Å²) < 4.78 is 0. The summed E-state index contributed by atoms with van der Waals surface area (Å²) in [7, 11) is 0. The number of allylic oxidation sites excluding steroid dienone is 4. The van der Waals surface area contributed by atoms with Gasteiger partial charge >= 0.3 is 5.97 Å². The number of hydrogen-bond donors (Lipinski definition) is 3. The van der Waals surface area contributed by atoms with Crippen LogP contribution in [0.2, 0.25) is 0 Å². The number of anilines is 1. The van der Waals surface area contributed by atoms with Crippen LogP contribution in [-0.2, 0) is 0 Å². The Bertz CT molecular complexity index is 890. The molecule has 4 heteroatoms. The van der Waals surface area contributed by atoms with Gasteiger partial charge in [0.1, 0.15) is 0 Å². The van der Waals surface area contributed by atoms with Gasteiger partial charge in [-0.2, -0.15) is 0 Å². The Morgan fingerprint density at radius 2 is 1.83 bits per heavy atom. The molecule has 0 amide bonds. The third-order valence-electron chi connectivity index (χ3n) is 7.07. The van der Waals surface area contributed by atoms with Crippen LogP contribution in [0, 0.1) is 22.7 Å². The maximum absolute atomic E-state index is 11.0. The smallest absolute Gasteiger partial charge is 0.335 e. The van der Waals surface area contributed by atoms with Crippen molar-refractivity contribution >= 4 is 11.7 Å². The summed E-state index contributed by atoms with van der Waals surface area (Å²) in [5.74, 6) is 0.122. The zero-order chi connectivity index (χ0) is 20.8. The molecule has 0 heterocycles. The molecule has 0 spiro atoms. The van der Waals surface area contributed by atoms with E-state index in [9.17, 15) is 4.79 Å². The first-order valence-electron chi connectivity index (χ1n) is 10.6. The van der Waals surface area contributed by atoms with Crippen molar-refractivity contribution in [2.75, 3.05) is 5.43 Å². The number of hydrogen-bond acceptors (Lipinski definition) is 3. The van der Waals surface area contributed by atoms with E-state index in [0.717, 1.165) is 12.1 Å². The van der Waals surface area contributed by atoms with E-state index < -0.39 is 5.97 Å². The highest BCUT2D eigenvalue weighted by Gasteiger charge is 2.48. The Hall–Kier alpha value is -2.33. The van der Waals surface area contributed by atoms with Crippen molar-refractivity contribution < 1.29 is 9.90 Å². The highest BCUT2D eigenvalue weighted by molar-refractivity contribution is 5.87. The molecular weight excluding hydrogens is 360 g/mol. The topological polar surface area (TPSA) is 61.4 Å². The molecule has 0 aromatic heterocycles. The van der Waals surface area contributed by atoms with Crippen LogP contribution in [0.4, 0.5) is 5.69 Å². The summed E-state index contributed by atoms with van der Waals surface area (Å²) in [6.07, 6.45) is 13.0. The molecule has 0 fully saturated rings. The van der Waals surface area contributed by atoms with Gasteiger partial charge in [-0.3, -0.25) is 0 Å². The third kappa shape index (κ3) is 3.78. The van der Waals surface area contributed by atoms with Gasteiger partial charge in [-0.15, -0.1) is 0 Å². The minimum atomic E-state index is -0.903. The van der Waals surface area contributed by atoms with Crippen molar-refractivity contribution in [2.24, 2.45) is 22.7 Å². The van der Waals surface area contributed by atoms with Gasteiger partial charge in [0, 0.05) is 17.6 Å². The first-order valence-corrected chi connectivity index (χ1v) is 10.6. The lowest BCUT2D eigenvalue weighted by atomic mass is 9.53. The van der Waals surface area contributed by atoms with E-state index in [2.05, 4.69) is 62.9 Å². The predicted octanol–water partition coefficient (Wildman–Crippen LogP) is 5.57. The quantitative estimate of drug-likeness (QED) is 0.586. The number of benzene rings is 1. The summed E-state index contributed by atoms with van der Waals surface area (Å²) in [5.41, 5.74) is 11.4. The minimum Gasteiger partial charge on any atom is -0.478 e. The van der Waals surface area contributed by atoms with Crippen molar-refractivity contribution in [1.82, 2.24) is 5.43 Å². The van der Waals surface area contributed by atoms with Crippen molar-refractivity contribution in [1.29, 1.82) is 0 Å². The maximum atomic E-state index is 11.0. The highest BCUT2D eigenvalue weighted by Crippen LogP contribution is 2.55. The van der Waals surface area contributed by atoms with Crippen molar-refractivity contribution in [3.8, 4) is 0 Å².